The minimum atomic E-state index is 0.155. The normalized spacial score (nSPS) is 24.5. The Kier molecular flexibility index (Phi) is 4.71. The highest BCUT2D eigenvalue weighted by molar-refractivity contribution is 6.33. The molecule has 1 saturated heterocycles. The summed E-state index contributed by atoms with van der Waals surface area (Å²) in [5, 5.41) is 0.791. The lowest BCUT2D eigenvalue weighted by molar-refractivity contribution is 0.118. The Balaban J connectivity index is 2.16. The van der Waals surface area contributed by atoms with E-state index in [0.717, 1.165) is 30.2 Å². The quantitative estimate of drug-likeness (QED) is 0.923. The van der Waals surface area contributed by atoms with Crippen molar-refractivity contribution in [1.82, 2.24) is 0 Å². The molecule has 2 rings (SSSR count). The number of rotatable bonds is 4. The Morgan fingerprint density at radius 2 is 2.26 bits per heavy atom. The minimum Gasteiger partial charge on any atom is -0.376 e. The van der Waals surface area contributed by atoms with Crippen LogP contribution in [0.25, 0.3) is 0 Å². The van der Waals surface area contributed by atoms with Crippen LogP contribution in [0.4, 0.5) is 5.69 Å². The lowest BCUT2D eigenvalue weighted by atomic mass is 10.1. The molecule has 3 unspecified atom stereocenters. The van der Waals surface area contributed by atoms with E-state index in [1.807, 2.05) is 13.0 Å². The third kappa shape index (κ3) is 3.41. The second kappa shape index (κ2) is 6.12. The van der Waals surface area contributed by atoms with Gasteiger partial charge in [-0.15, -0.1) is 0 Å². The van der Waals surface area contributed by atoms with Crippen LogP contribution >= 0.6 is 11.6 Å². The molecular weight excluding hydrogens is 260 g/mol. The number of likely N-dealkylation sites (N-methyl/N-ethyl adjacent to an activating group) is 1. The molecule has 0 amide bonds. The van der Waals surface area contributed by atoms with E-state index in [0.29, 0.717) is 6.04 Å². The van der Waals surface area contributed by atoms with E-state index < -0.39 is 0 Å². The molecule has 1 fully saturated rings. The molecule has 3 nitrogen and oxygen atoms in total. The fraction of sp³-hybridized carbons (Fsp3) is 0.600. The molecule has 0 spiro atoms. The van der Waals surface area contributed by atoms with Gasteiger partial charge in [-0.25, -0.2) is 0 Å². The van der Waals surface area contributed by atoms with Crippen molar-refractivity contribution < 1.29 is 4.74 Å². The zero-order chi connectivity index (χ0) is 14.0. The Hall–Kier alpha value is -0.770. The zero-order valence-corrected chi connectivity index (χ0v) is 12.7. The van der Waals surface area contributed by atoms with Gasteiger partial charge in [0.15, 0.2) is 0 Å². The second-order valence-electron chi connectivity index (χ2n) is 5.51. The van der Waals surface area contributed by atoms with Gasteiger partial charge in [0.25, 0.3) is 0 Å². The number of nitrogens with zero attached hydrogens (tertiary/aromatic N) is 1. The van der Waals surface area contributed by atoms with E-state index in [9.17, 15) is 0 Å². The van der Waals surface area contributed by atoms with Crippen LogP contribution in [0.2, 0.25) is 5.02 Å². The summed E-state index contributed by atoms with van der Waals surface area (Å²) in [5.74, 6) is 0. The van der Waals surface area contributed by atoms with E-state index in [1.165, 1.54) is 5.56 Å². The highest BCUT2D eigenvalue weighted by Gasteiger charge is 2.28. The highest BCUT2D eigenvalue weighted by atomic mass is 35.5. The van der Waals surface area contributed by atoms with E-state index in [4.69, 9.17) is 22.1 Å². The number of anilines is 1. The van der Waals surface area contributed by atoms with Gasteiger partial charge in [-0.2, -0.15) is 0 Å². The van der Waals surface area contributed by atoms with Gasteiger partial charge < -0.3 is 15.4 Å². The van der Waals surface area contributed by atoms with Gasteiger partial charge in [-0.1, -0.05) is 17.7 Å². The molecule has 1 aliphatic heterocycles. The van der Waals surface area contributed by atoms with E-state index in [2.05, 4.69) is 31.0 Å². The van der Waals surface area contributed by atoms with Crippen LogP contribution in [0, 0.1) is 0 Å². The number of benzene rings is 1. The fourth-order valence-corrected chi connectivity index (χ4v) is 3.08. The first-order chi connectivity index (χ1) is 8.99. The van der Waals surface area contributed by atoms with Crippen molar-refractivity contribution in [2.45, 2.75) is 44.9 Å². The first-order valence-corrected chi connectivity index (χ1v) is 7.25. The molecular formula is C15H23ClN2O. The number of halogens is 1. The maximum atomic E-state index is 6.41. The van der Waals surface area contributed by atoms with Crippen LogP contribution in [0.15, 0.2) is 18.2 Å². The Bertz CT molecular complexity index is 436. The first kappa shape index (κ1) is 14.6. The van der Waals surface area contributed by atoms with Crippen molar-refractivity contribution in [3.63, 3.8) is 0 Å². The molecule has 0 aliphatic carbocycles. The van der Waals surface area contributed by atoms with Gasteiger partial charge in [0.1, 0.15) is 0 Å². The number of ether oxygens (including phenoxy) is 1. The summed E-state index contributed by atoms with van der Waals surface area (Å²) >= 11 is 6.41. The molecule has 4 heteroatoms. The van der Waals surface area contributed by atoms with Gasteiger partial charge in [0.05, 0.1) is 22.9 Å². The Labute approximate surface area is 120 Å². The summed E-state index contributed by atoms with van der Waals surface area (Å²) in [6.07, 6.45) is 2.16. The van der Waals surface area contributed by atoms with Crippen LogP contribution in [-0.2, 0) is 11.2 Å². The van der Waals surface area contributed by atoms with E-state index >= 15 is 0 Å². The molecule has 0 aromatic heterocycles. The lowest BCUT2D eigenvalue weighted by Gasteiger charge is -2.29. The van der Waals surface area contributed by atoms with Gasteiger partial charge in [0, 0.05) is 19.7 Å². The molecule has 1 aliphatic rings. The lowest BCUT2D eigenvalue weighted by Crippen LogP contribution is -2.36. The first-order valence-electron chi connectivity index (χ1n) is 6.87. The Morgan fingerprint density at radius 3 is 2.79 bits per heavy atom. The van der Waals surface area contributed by atoms with Crippen LogP contribution in [0.1, 0.15) is 25.8 Å². The van der Waals surface area contributed by atoms with Crippen molar-refractivity contribution in [3.05, 3.63) is 28.8 Å². The third-order valence-electron chi connectivity index (χ3n) is 3.78. The molecule has 19 heavy (non-hydrogen) atoms. The van der Waals surface area contributed by atoms with Crippen LogP contribution in [0.3, 0.4) is 0 Å². The summed E-state index contributed by atoms with van der Waals surface area (Å²) in [7, 11) is 2.09. The number of nitrogens with two attached hydrogens (primary N) is 1. The van der Waals surface area contributed by atoms with E-state index in [1.54, 1.807) is 0 Å². The van der Waals surface area contributed by atoms with Crippen molar-refractivity contribution in [3.8, 4) is 0 Å². The molecule has 3 atom stereocenters. The molecule has 106 valence electrons. The average Bonchev–Trinajstić information content (AvgIpc) is 2.74. The number of hydrogen-bond donors (Lipinski definition) is 1. The molecule has 0 saturated carbocycles. The molecule has 0 bridgehead atoms. The molecule has 0 radical (unpaired) electrons. The predicted molar refractivity (Wildman–Crippen MR) is 81.0 cm³/mol. The smallest absolute Gasteiger partial charge is 0.0750 e. The monoisotopic (exact) mass is 282 g/mol. The van der Waals surface area contributed by atoms with Crippen molar-refractivity contribution in [1.29, 1.82) is 0 Å². The molecule has 1 aromatic carbocycles. The standard InChI is InChI=1S/C15H23ClN2O/c1-10(17)8-12-4-5-15(13(16)9-12)18(3)14-6-7-19-11(14)2/h4-5,9-11,14H,6-8,17H2,1-3H3. The van der Waals surface area contributed by atoms with Gasteiger partial charge in [0.2, 0.25) is 0 Å². The summed E-state index contributed by atoms with van der Waals surface area (Å²) in [5.41, 5.74) is 8.07. The topological polar surface area (TPSA) is 38.5 Å². The fourth-order valence-electron chi connectivity index (χ4n) is 2.74. The predicted octanol–water partition coefficient (Wildman–Crippen LogP) is 2.84. The Morgan fingerprint density at radius 1 is 1.53 bits per heavy atom. The van der Waals surface area contributed by atoms with Crippen molar-refractivity contribution >= 4 is 17.3 Å². The minimum absolute atomic E-state index is 0.155. The summed E-state index contributed by atoms with van der Waals surface area (Å²) < 4.78 is 5.62. The number of hydrogen-bond acceptors (Lipinski definition) is 3. The second-order valence-corrected chi connectivity index (χ2v) is 5.92. The van der Waals surface area contributed by atoms with Crippen molar-refractivity contribution in [2.24, 2.45) is 5.73 Å². The largest absolute Gasteiger partial charge is 0.376 e. The summed E-state index contributed by atoms with van der Waals surface area (Å²) in [6.45, 7) is 4.95. The zero-order valence-electron chi connectivity index (χ0n) is 11.9. The van der Waals surface area contributed by atoms with Gasteiger partial charge in [-0.3, -0.25) is 0 Å². The van der Waals surface area contributed by atoms with Gasteiger partial charge >= 0.3 is 0 Å². The maximum Gasteiger partial charge on any atom is 0.0750 e. The van der Waals surface area contributed by atoms with Crippen LogP contribution < -0.4 is 10.6 Å². The SMILES string of the molecule is CC(N)Cc1ccc(N(C)C2CCOC2C)c(Cl)c1. The summed E-state index contributed by atoms with van der Waals surface area (Å²) in [6, 6.07) is 6.78. The maximum absolute atomic E-state index is 6.41. The molecule has 1 heterocycles. The van der Waals surface area contributed by atoms with E-state index in [-0.39, 0.29) is 12.1 Å². The third-order valence-corrected chi connectivity index (χ3v) is 4.09. The molecule has 2 N–H and O–H groups in total. The van der Waals surface area contributed by atoms with Crippen molar-refractivity contribution in [2.75, 3.05) is 18.6 Å². The van der Waals surface area contributed by atoms with Crippen LogP contribution in [-0.4, -0.2) is 31.8 Å². The van der Waals surface area contributed by atoms with Gasteiger partial charge in [-0.05, 0) is 44.4 Å². The van der Waals surface area contributed by atoms with Crippen LogP contribution in [0.5, 0.6) is 0 Å². The average molecular weight is 283 g/mol. The molecule has 1 aromatic rings. The highest BCUT2D eigenvalue weighted by Crippen LogP contribution is 2.31. The summed E-state index contributed by atoms with van der Waals surface area (Å²) in [4.78, 5) is 2.23.